The molecule has 0 aliphatic rings. The van der Waals surface area contributed by atoms with E-state index in [1.54, 1.807) is 0 Å². The van der Waals surface area contributed by atoms with Crippen LogP contribution in [0.15, 0.2) is 36.7 Å². The van der Waals surface area contributed by atoms with Crippen LogP contribution in [0.4, 0.5) is 10.1 Å². The highest BCUT2D eigenvalue weighted by Crippen LogP contribution is 2.26. The molecule has 2 aromatic rings. The van der Waals surface area contributed by atoms with Gasteiger partial charge in [-0.3, -0.25) is 9.78 Å². The molecule has 6 heteroatoms. The van der Waals surface area contributed by atoms with Crippen molar-refractivity contribution in [2.45, 2.75) is 0 Å². The van der Waals surface area contributed by atoms with E-state index in [0.717, 1.165) is 6.20 Å². The van der Waals surface area contributed by atoms with E-state index in [1.807, 2.05) is 0 Å². The molecule has 0 aliphatic heterocycles. The molecule has 4 nitrogen and oxygen atoms in total. The van der Waals surface area contributed by atoms with E-state index in [-0.39, 0.29) is 16.3 Å². The third-order valence-corrected chi connectivity index (χ3v) is 2.53. The number of nitrogens with one attached hydrogen (secondary N) is 1. The molecule has 0 atom stereocenters. The minimum atomic E-state index is -0.708. The molecule has 1 aromatic carbocycles. The van der Waals surface area contributed by atoms with Crippen LogP contribution in [0.3, 0.4) is 0 Å². The lowest BCUT2D eigenvalue weighted by molar-refractivity contribution is 0.102. The third-order valence-electron chi connectivity index (χ3n) is 2.22. The zero-order valence-corrected chi connectivity index (χ0v) is 9.78. The predicted octanol–water partition coefficient (Wildman–Crippen LogP) is 2.83. The van der Waals surface area contributed by atoms with Crippen molar-refractivity contribution < 1.29 is 14.3 Å². The van der Waals surface area contributed by atoms with E-state index < -0.39 is 11.7 Å². The second-order valence-electron chi connectivity index (χ2n) is 3.48. The van der Waals surface area contributed by atoms with Crippen LogP contribution in [0, 0.1) is 5.82 Å². The fourth-order valence-corrected chi connectivity index (χ4v) is 1.52. The molecule has 1 aromatic heterocycles. The number of amides is 1. The van der Waals surface area contributed by atoms with E-state index in [4.69, 9.17) is 11.6 Å². The first-order valence-electron chi connectivity index (χ1n) is 4.97. The van der Waals surface area contributed by atoms with Crippen molar-refractivity contribution in [2.75, 3.05) is 5.32 Å². The van der Waals surface area contributed by atoms with Crippen LogP contribution in [-0.2, 0) is 0 Å². The molecule has 0 fully saturated rings. The number of hydrogen-bond donors (Lipinski definition) is 2. The van der Waals surface area contributed by atoms with Gasteiger partial charge in [-0.25, -0.2) is 4.39 Å². The minimum Gasteiger partial charge on any atom is -0.506 e. The predicted molar refractivity (Wildman–Crippen MR) is 65.3 cm³/mol. The first kappa shape index (κ1) is 12.3. The molecule has 18 heavy (non-hydrogen) atoms. The van der Waals surface area contributed by atoms with Gasteiger partial charge in [0.25, 0.3) is 5.91 Å². The van der Waals surface area contributed by atoms with E-state index in [9.17, 15) is 14.3 Å². The van der Waals surface area contributed by atoms with Gasteiger partial charge < -0.3 is 10.4 Å². The zero-order valence-electron chi connectivity index (χ0n) is 9.02. The van der Waals surface area contributed by atoms with Crippen LogP contribution >= 0.6 is 11.6 Å². The number of hydrogen-bond acceptors (Lipinski definition) is 3. The minimum absolute atomic E-state index is 0.0928. The molecule has 0 unspecified atom stereocenters. The van der Waals surface area contributed by atoms with Crippen molar-refractivity contribution in [3.05, 3.63) is 53.1 Å². The number of rotatable bonds is 2. The first-order valence-corrected chi connectivity index (χ1v) is 5.35. The molecule has 0 saturated carbocycles. The van der Waals surface area contributed by atoms with E-state index in [0.29, 0.717) is 5.69 Å². The molecular weight excluding hydrogens is 259 g/mol. The molecule has 2 rings (SSSR count). The van der Waals surface area contributed by atoms with E-state index in [2.05, 4.69) is 10.3 Å². The molecule has 1 amide bonds. The van der Waals surface area contributed by atoms with Gasteiger partial charge in [0.15, 0.2) is 5.82 Å². The molecule has 0 aliphatic carbocycles. The Hall–Kier alpha value is -2.14. The van der Waals surface area contributed by atoms with Crippen LogP contribution in [0.1, 0.15) is 10.4 Å². The fraction of sp³-hybridized carbons (Fsp3) is 0. The van der Waals surface area contributed by atoms with Crippen molar-refractivity contribution in [2.24, 2.45) is 0 Å². The molecule has 0 saturated heterocycles. The van der Waals surface area contributed by atoms with Crippen LogP contribution < -0.4 is 5.32 Å². The number of carbonyl (C=O) groups excluding carboxylic acids is 1. The summed E-state index contributed by atoms with van der Waals surface area (Å²) in [6, 6.07) is 5.43. The monoisotopic (exact) mass is 266 g/mol. The van der Waals surface area contributed by atoms with Crippen LogP contribution in [0.2, 0.25) is 5.02 Å². The summed E-state index contributed by atoms with van der Waals surface area (Å²) in [5.74, 6) is -1.42. The van der Waals surface area contributed by atoms with Crippen LogP contribution in [0.25, 0.3) is 0 Å². The molecule has 0 radical (unpaired) electrons. The van der Waals surface area contributed by atoms with Gasteiger partial charge in [0, 0.05) is 11.9 Å². The molecule has 1 heterocycles. The lowest BCUT2D eigenvalue weighted by Gasteiger charge is -2.06. The fourth-order valence-electron chi connectivity index (χ4n) is 1.34. The maximum absolute atomic E-state index is 13.3. The van der Waals surface area contributed by atoms with Crippen molar-refractivity contribution in [3.8, 4) is 5.75 Å². The summed E-state index contributed by atoms with van der Waals surface area (Å²) in [6.45, 7) is 0. The maximum Gasteiger partial charge on any atom is 0.258 e. The van der Waals surface area contributed by atoms with Crippen molar-refractivity contribution in [1.82, 2.24) is 4.98 Å². The SMILES string of the molecule is O=C(Nc1ccc(O)c(Cl)c1)c1ccncc1F. The summed E-state index contributed by atoms with van der Waals surface area (Å²) >= 11 is 5.69. The lowest BCUT2D eigenvalue weighted by Crippen LogP contribution is -2.13. The Labute approximate surface area is 107 Å². The number of nitrogens with zero attached hydrogens (tertiary/aromatic N) is 1. The normalized spacial score (nSPS) is 10.1. The topological polar surface area (TPSA) is 62.2 Å². The molecule has 2 N–H and O–H groups in total. The second kappa shape index (κ2) is 5.01. The van der Waals surface area contributed by atoms with E-state index >= 15 is 0 Å². The highest BCUT2D eigenvalue weighted by Gasteiger charge is 2.12. The van der Waals surface area contributed by atoms with Gasteiger partial charge >= 0.3 is 0 Å². The Morgan fingerprint density at radius 2 is 2.17 bits per heavy atom. The third kappa shape index (κ3) is 2.57. The summed E-state index contributed by atoms with van der Waals surface area (Å²) in [4.78, 5) is 15.3. The van der Waals surface area contributed by atoms with Gasteiger partial charge in [-0.1, -0.05) is 11.6 Å². The Bertz CT molecular complexity index is 604. The van der Waals surface area contributed by atoms with Crippen LogP contribution in [0.5, 0.6) is 5.75 Å². The van der Waals surface area contributed by atoms with Gasteiger partial charge in [-0.2, -0.15) is 0 Å². The summed E-state index contributed by atoms with van der Waals surface area (Å²) in [7, 11) is 0. The standard InChI is InChI=1S/C12H8ClFN2O2/c13-9-5-7(1-2-11(9)17)16-12(18)8-3-4-15-6-10(8)14/h1-6,17H,(H,16,18). The lowest BCUT2D eigenvalue weighted by atomic mass is 10.2. The average Bonchev–Trinajstić information content (AvgIpc) is 2.34. The van der Waals surface area contributed by atoms with Gasteiger partial charge in [0.05, 0.1) is 16.8 Å². The maximum atomic E-state index is 13.3. The zero-order chi connectivity index (χ0) is 13.1. The summed E-state index contributed by atoms with van der Waals surface area (Å²) in [6.07, 6.45) is 2.28. The number of halogens is 2. The van der Waals surface area contributed by atoms with Gasteiger partial charge in [0.2, 0.25) is 0 Å². The number of anilines is 1. The molecule has 0 bridgehead atoms. The van der Waals surface area contributed by atoms with Gasteiger partial charge in [-0.15, -0.1) is 0 Å². The molecular formula is C12H8ClFN2O2. The van der Waals surface area contributed by atoms with Gasteiger partial charge in [0.1, 0.15) is 5.75 Å². The second-order valence-corrected chi connectivity index (χ2v) is 3.88. The largest absolute Gasteiger partial charge is 0.506 e. The number of phenolic OH excluding ortho intramolecular Hbond substituents is 1. The highest BCUT2D eigenvalue weighted by molar-refractivity contribution is 6.32. The highest BCUT2D eigenvalue weighted by atomic mass is 35.5. The van der Waals surface area contributed by atoms with Crippen LogP contribution in [-0.4, -0.2) is 16.0 Å². The number of pyridine rings is 1. The van der Waals surface area contributed by atoms with Crippen molar-refractivity contribution in [3.63, 3.8) is 0 Å². The number of phenols is 1. The molecule has 92 valence electrons. The Morgan fingerprint density at radius 3 is 2.83 bits per heavy atom. The Kier molecular flexibility index (Phi) is 3.43. The van der Waals surface area contributed by atoms with Gasteiger partial charge in [-0.05, 0) is 24.3 Å². The molecule has 0 spiro atoms. The van der Waals surface area contributed by atoms with Crippen molar-refractivity contribution >= 4 is 23.2 Å². The summed E-state index contributed by atoms with van der Waals surface area (Å²) < 4.78 is 13.3. The Morgan fingerprint density at radius 1 is 1.39 bits per heavy atom. The first-order chi connectivity index (χ1) is 8.58. The summed E-state index contributed by atoms with van der Waals surface area (Å²) in [5.41, 5.74) is 0.244. The number of aromatic hydroxyl groups is 1. The Balaban J connectivity index is 2.22. The number of aromatic nitrogens is 1. The number of benzene rings is 1. The average molecular weight is 267 g/mol. The van der Waals surface area contributed by atoms with E-state index in [1.165, 1.54) is 30.5 Å². The number of carbonyl (C=O) groups is 1. The van der Waals surface area contributed by atoms with Crippen molar-refractivity contribution in [1.29, 1.82) is 0 Å². The smallest absolute Gasteiger partial charge is 0.258 e. The quantitative estimate of drug-likeness (QED) is 0.822. The summed E-state index contributed by atoms with van der Waals surface area (Å²) in [5, 5.41) is 11.8.